The third-order valence-electron chi connectivity index (χ3n) is 14.9. The van der Waals surface area contributed by atoms with Gasteiger partial charge in [0.15, 0.2) is 11.6 Å². The summed E-state index contributed by atoms with van der Waals surface area (Å²) in [6, 6.07) is 76.9. The maximum absolute atomic E-state index is 5.52. The van der Waals surface area contributed by atoms with Crippen LogP contribution in [0.3, 0.4) is 0 Å². The molecule has 0 spiro atoms. The minimum atomic E-state index is -0.0147. The molecule has 350 valence electrons. The molecule has 1 unspecified atom stereocenters. The maximum Gasteiger partial charge on any atom is 0.163 e. The van der Waals surface area contributed by atoms with E-state index in [-0.39, 0.29) is 5.92 Å². The van der Waals surface area contributed by atoms with Crippen molar-refractivity contribution in [3.8, 4) is 73.0 Å². The molecule has 14 rings (SSSR count). The highest BCUT2D eigenvalue weighted by molar-refractivity contribution is 6.20. The Bertz CT molecular complexity index is 4130. The van der Waals surface area contributed by atoms with Gasteiger partial charge < -0.3 is 9.13 Å². The van der Waals surface area contributed by atoms with Gasteiger partial charge in [0.25, 0.3) is 0 Å². The van der Waals surface area contributed by atoms with Crippen LogP contribution in [0.5, 0.6) is 0 Å². The molecule has 2 aliphatic carbocycles. The van der Waals surface area contributed by atoms with E-state index >= 15 is 0 Å². The summed E-state index contributed by atoms with van der Waals surface area (Å²) in [5, 5.41) is 4.89. The van der Waals surface area contributed by atoms with Crippen LogP contribution in [0.15, 0.2) is 255 Å². The molecule has 0 bridgehead atoms. The average Bonchev–Trinajstić information content (AvgIpc) is 3.99. The number of rotatable bonds is 9. The van der Waals surface area contributed by atoms with Crippen LogP contribution in [-0.4, -0.2) is 24.1 Å². The van der Waals surface area contributed by atoms with Gasteiger partial charge in [-0.2, -0.15) is 0 Å². The molecule has 5 heteroatoms. The largest absolute Gasteiger partial charge is 0.313 e. The lowest BCUT2D eigenvalue weighted by Crippen LogP contribution is -2.08. The van der Waals surface area contributed by atoms with Gasteiger partial charge in [-0.25, -0.2) is 15.0 Å². The fourth-order valence-corrected chi connectivity index (χ4v) is 11.4. The number of aromatic nitrogens is 5. The molecule has 3 heterocycles. The van der Waals surface area contributed by atoms with E-state index < -0.39 is 0 Å². The molecule has 0 aliphatic heterocycles. The van der Waals surface area contributed by atoms with E-state index in [1.54, 1.807) is 0 Å². The van der Waals surface area contributed by atoms with Gasteiger partial charge in [0.2, 0.25) is 0 Å². The summed E-state index contributed by atoms with van der Waals surface area (Å²) >= 11 is 0. The van der Waals surface area contributed by atoms with Crippen LogP contribution in [0.2, 0.25) is 0 Å². The normalized spacial score (nSPS) is 14.4. The molecule has 0 radical (unpaired) electrons. The van der Waals surface area contributed by atoms with Crippen LogP contribution in [0, 0.1) is 0 Å². The smallest absolute Gasteiger partial charge is 0.163 e. The molecule has 0 amide bonds. The van der Waals surface area contributed by atoms with E-state index in [0.717, 1.165) is 97.4 Å². The lowest BCUT2D eigenvalue weighted by Gasteiger charge is -2.21. The zero-order valence-corrected chi connectivity index (χ0v) is 40.7. The first kappa shape index (κ1) is 43.3. The topological polar surface area (TPSA) is 48.5 Å². The summed E-state index contributed by atoms with van der Waals surface area (Å²) in [7, 11) is 0. The molecule has 74 heavy (non-hydrogen) atoms. The summed E-state index contributed by atoms with van der Waals surface area (Å²) in [4.78, 5) is 16.3. The highest BCUT2D eigenvalue weighted by Gasteiger charge is 2.26. The minimum Gasteiger partial charge on any atom is -0.313 e. The fraction of sp³-hybridized carbons (Fsp3) is 0.0580. The molecule has 2 aliphatic rings. The van der Waals surface area contributed by atoms with Crippen molar-refractivity contribution in [3.05, 3.63) is 261 Å². The van der Waals surface area contributed by atoms with Crippen molar-refractivity contribution in [1.82, 2.24) is 24.1 Å². The van der Waals surface area contributed by atoms with E-state index in [2.05, 4.69) is 264 Å². The molecule has 12 aromatic rings. The Morgan fingerprint density at radius 3 is 1.38 bits per heavy atom. The van der Waals surface area contributed by atoms with Crippen molar-refractivity contribution >= 4 is 49.3 Å². The second kappa shape index (κ2) is 18.3. The van der Waals surface area contributed by atoms with Crippen LogP contribution >= 0.6 is 0 Å². The van der Waals surface area contributed by atoms with Gasteiger partial charge in [0, 0.05) is 55.4 Å². The predicted octanol–water partition coefficient (Wildman–Crippen LogP) is 17.9. The minimum absolute atomic E-state index is 0.0147. The van der Waals surface area contributed by atoms with Gasteiger partial charge in [-0.05, 0) is 113 Å². The standard InChI is InChI=1S/C69H49N5/c1-7-23-46(24-8-1)51-39-52(47-25-9-2-10-26-47)41-53(40-51)68-70-67(50-31-15-5-16-32-50)71-69(72-68)54-42-58(48-27-11-3-12-28-48)66(59(43-54)49-29-13-4-14-30-49)74-63-38-22-20-36-57(63)61-44-64-60(45-65(61)74)56-35-19-21-37-62(56)73(64)55-33-17-6-18-34-55/h1-17,19-31,33,35-45,50H,18,32,34H2. The Balaban J connectivity index is 1.06. The summed E-state index contributed by atoms with van der Waals surface area (Å²) in [5.74, 6) is 2.00. The number of para-hydroxylation sites is 2. The summed E-state index contributed by atoms with van der Waals surface area (Å²) in [6.45, 7) is 0. The third-order valence-corrected chi connectivity index (χ3v) is 14.9. The highest BCUT2D eigenvalue weighted by atomic mass is 15.0. The van der Waals surface area contributed by atoms with Gasteiger partial charge >= 0.3 is 0 Å². The zero-order chi connectivity index (χ0) is 49.0. The number of fused-ring (bicyclic) bond motifs is 6. The number of benzene rings is 9. The van der Waals surface area contributed by atoms with Crippen LogP contribution in [0.1, 0.15) is 31.0 Å². The lowest BCUT2D eigenvalue weighted by molar-refractivity contribution is 0.764. The number of hydrogen-bond acceptors (Lipinski definition) is 3. The summed E-state index contributed by atoms with van der Waals surface area (Å²) in [6.07, 6.45) is 18.2. The molecule has 1 atom stereocenters. The van der Waals surface area contributed by atoms with E-state index in [0.29, 0.717) is 11.6 Å². The Morgan fingerprint density at radius 2 is 0.851 bits per heavy atom. The van der Waals surface area contributed by atoms with Crippen molar-refractivity contribution in [2.24, 2.45) is 0 Å². The Labute approximate surface area is 430 Å². The first-order valence-electron chi connectivity index (χ1n) is 25.7. The molecule has 9 aromatic carbocycles. The van der Waals surface area contributed by atoms with Gasteiger partial charge in [-0.3, -0.25) is 0 Å². The Hall–Kier alpha value is -9.45. The van der Waals surface area contributed by atoms with E-state index in [9.17, 15) is 0 Å². The predicted molar refractivity (Wildman–Crippen MR) is 308 cm³/mol. The number of nitrogens with zero attached hydrogens (tertiary/aromatic N) is 5. The summed E-state index contributed by atoms with van der Waals surface area (Å²) in [5.41, 5.74) is 17.8. The first-order chi connectivity index (χ1) is 36.7. The molecule has 0 saturated carbocycles. The lowest BCUT2D eigenvalue weighted by atomic mass is 9.92. The molecule has 3 aromatic heterocycles. The first-order valence-corrected chi connectivity index (χ1v) is 25.7. The molecule has 0 fully saturated rings. The molecule has 0 N–H and O–H groups in total. The summed E-state index contributed by atoms with van der Waals surface area (Å²) < 4.78 is 5.02. The molecule has 0 saturated heterocycles. The van der Waals surface area contributed by atoms with Crippen LogP contribution < -0.4 is 0 Å². The third kappa shape index (κ3) is 7.60. The fourth-order valence-electron chi connectivity index (χ4n) is 11.4. The van der Waals surface area contributed by atoms with Crippen molar-refractivity contribution in [3.63, 3.8) is 0 Å². The zero-order valence-electron chi connectivity index (χ0n) is 40.7. The van der Waals surface area contributed by atoms with Gasteiger partial charge in [-0.1, -0.05) is 194 Å². The average molecular weight is 948 g/mol. The molecular weight excluding hydrogens is 899 g/mol. The number of allylic oxidation sites excluding steroid dienone is 8. The van der Waals surface area contributed by atoms with Gasteiger partial charge in [-0.15, -0.1) is 0 Å². The van der Waals surface area contributed by atoms with Crippen molar-refractivity contribution in [2.75, 3.05) is 0 Å². The van der Waals surface area contributed by atoms with E-state index in [1.165, 1.54) is 38.3 Å². The quantitative estimate of drug-likeness (QED) is 0.145. The van der Waals surface area contributed by atoms with E-state index in [1.807, 2.05) is 0 Å². The monoisotopic (exact) mass is 947 g/mol. The van der Waals surface area contributed by atoms with Gasteiger partial charge in [0.1, 0.15) is 5.82 Å². The molecule has 5 nitrogen and oxygen atoms in total. The van der Waals surface area contributed by atoms with E-state index in [4.69, 9.17) is 15.0 Å². The van der Waals surface area contributed by atoms with Crippen LogP contribution in [0.4, 0.5) is 0 Å². The number of hydrogen-bond donors (Lipinski definition) is 0. The Morgan fingerprint density at radius 1 is 0.365 bits per heavy atom. The van der Waals surface area contributed by atoms with Crippen LogP contribution in [0.25, 0.3) is 122 Å². The second-order valence-corrected chi connectivity index (χ2v) is 19.4. The second-order valence-electron chi connectivity index (χ2n) is 19.4. The maximum atomic E-state index is 5.52. The SMILES string of the molecule is C1=CCCC(n2c3ccccc3c3cc4c(cc32)c2ccccc2n4-c2c(-c3ccccc3)cc(-c3nc(-c4cc(-c5ccccc5)cc(-c5ccccc5)c4)nc(C4C=CC=CC4)n3)cc2-c2ccccc2)=C1. The van der Waals surface area contributed by atoms with Crippen molar-refractivity contribution in [1.29, 1.82) is 0 Å². The van der Waals surface area contributed by atoms with Crippen molar-refractivity contribution in [2.45, 2.75) is 25.2 Å². The van der Waals surface area contributed by atoms with Crippen molar-refractivity contribution < 1.29 is 0 Å². The highest BCUT2D eigenvalue weighted by Crippen LogP contribution is 2.46. The molecular formula is C69H49N5. The van der Waals surface area contributed by atoms with Gasteiger partial charge in [0.05, 0.1) is 27.8 Å². The Kier molecular flexibility index (Phi) is 10.7. The van der Waals surface area contributed by atoms with Crippen LogP contribution in [-0.2, 0) is 0 Å².